The Balaban J connectivity index is 1.70. The molecule has 0 atom stereocenters. The van der Waals surface area contributed by atoms with E-state index in [1.807, 2.05) is 7.05 Å². The van der Waals surface area contributed by atoms with Crippen LogP contribution in [-0.4, -0.2) is 37.5 Å². The van der Waals surface area contributed by atoms with Gasteiger partial charge in [0.05, 0.1) is 0 Å². The number of piperidine rings is 1. The minimum absolute atomic E-state index is 0.416. The summed E-state index contributed by atoms with van der Waals surface area (Å²) < 4.78 is 0. The van der Waals surface area contributed by atoms with Gasteiger partial charge in [0.2, 0.25) is 5.91 Å². The van der Waals surface area contributed by atoms with E-state index in [0.717, 1.165) is 32.0 Å². The molecule has 0 spiro atoms. The Kier molecular flexibility index (Phi) is 4.84. The van der Waals surface area contributed by atoms with Crippen LogP contribution in [0, 0.1) is 11.8 Å². The Labute approximate surface area is 105 Å². The van der Waals surface area contributed by atoms with Crippen LogP contribution < -0.4 is 5.32 Å². The van der Waals surface area contributed by atoms with E-state index in [2.05, 4.69) is 10.2 Å². The number of nitrogens with zero attached hydrogens (tertiary/aromatic N) is 1. The minimum Gasteiger partial charge on any atom is -0.343 e. The molecular formula is C14H26N2O. The van der Waals surface area contributed by atoms with E-state index in [0.29, 0.717) is 11.8 Å². The van der Waals surface area contributed by atoms with Gasteiger partial charge in [-0.15, -0.1) is 0 Å². The Bertz CT molecular complexity index is 241. The first kappa shape index (κ1) is 12.9. The molecule has 2 rings (SSSR count). The molecule has 0 bridgehead atoms. The molecule has 3 nitrogen and oxygen atoms in total. The lowest BCUT2D eigenvalue weighted by molar-refractivity contribution is -0.133. The highest BCUT2D eigenvalue weighted by molar-refractivity contribution is 5.76. The molecule has 0 aromatic carbocycles. The molecule has 1 heterocycles. The summed E-state index contributed by atoms with van der Waals surface area (Å²) in [6.45, 7) is 3.07. The van der Waals surface area contributed by atoms with E-state index in [1.165, 1.54) is 38.5 Å². The molecule has 1 N–H and O–H groups in total. The smallest absolute Gasteiger partial charge is 0.222 e. The van der Waals surface area contributed by atoms with Crippen LogP contribution in [0.3, 0.4) is 0 Å². The van der Waals surface area contributed by atoms with Crippen LogP contribution in [0.15, 0.2) is 0 Å². The fraction of sp³-hybridized carbons (Fsp3) is 0.929. The summed E-state index contributed by atoms with van der Waals surface area (Å²) in [6.07, 6.45) is 8.40. The van der Waals surface area contributed by atoms with Gasteiger partial charge in [-0.1, -0.05) is 12.8 Å². The van der Waals surface area contributed by atoms with Gasteiger partial charge in [-0.25, -0.2) is 0 Å². The summed E-state index contributed by atoms with van der Waals surface area (Å²) in [6, 6.07) is 0. The predicted octanol–water partition coefficient (Wildman–Crippen LogP) is 2.02. The van der Waals surface area contributed by atoms with Crippen molar-refractivity contribution in [3.05, 3.63) is 0 Å². The minimum atomic E-state index is 0.416. The molecule has 1 saturated heterocycles. The van der Waals surface area contributed by atoms with Crippen molar-refractivity contribution < 1.29 is 4.79 Å². The van der Waals surface area contributed by atoms with Crippen molar-refractivity contribution >= 4 is 5.91 Å². The van der Waals surface area contributed by atoms with Crippen molar-refractivity contribution in [2.45, 2.75) is 44.9 Å². The quantitative estimate of drug-likeness (QED) is 0.812. The number of carbonyl (C=O) groups excluding carboxylic acids is 1. The van der Waals surface area contributed by atoms with Gasteiger partial charge in [-0.05, 0) is 51.1 Å². The average Bonchev–Trinajstić information content (AvgIpc) is 2.83. The topological polar surface area (TPSA) is 32.3 Å². The molecule has 1 amide bonds. The summed E-state index contributed by atoms with van der Waals surface area (Å²) in [5.74, 6) is 1.88. The van der Waals surface area contributed by atoms with E-state index in [-0.39, 0.29) is 0 Å². The van der Waals surface area contributed by atoms with Crippen LogP contribution in [0.2, 0.25) is 0 Å². The van der Waals surface area contributed by atoms with Gasteiger partial charge in [-0.3, -0.25) is 4.79 Å². The lowest BCUT2D eigenvalue weighted by Crippen LogP contribution is -2.40. The fourth-order valence-electron chi connectivity index (χ4n) is 3.27. The Morgan fingerprint density at radius 2 is 1.76 bits per heavy atom. The lowest BCUT2D eigenvalue weighted by atomic mass is 9.95. The zero-order valence-corrected chi connectivity index (χ0v) is 11.1. The van der Waals surface area contributed by atoms with Crippen molar-refractivity contribution in [1.82, 2.24) is 10.2 Å². The number of hydrogen-bond donors (Lipinski definition) is 1. The highest BCUT2D eigenvalue weighted by Gasteiger charge is 2.25. The number of rotatable bonds is 4. The Hall–Kier alpha value is -0.570. The molecule has 0 radical (unpaired) electrons. The zero-order valence-electron chi connectivity index (χ0n) is 11.1. The second-order valence-corrected chi connectivity index (χ2v) is 5.74. The molecule has 1 saturated carbocycles. The molecule has 1 aliphatic carbocycles. The molecular weight excluding hydrogens is 212 g/mol. The first-order valence-corrected chi connectivity index (χ1v) is 7.22. The molecule has 17 heavy (non-hydrogen) atoms. The van der Waals surface area contributed by atoms with Crippen LogP contribution >= 0.6 is 0 Å². The SMILES string of the molecule is CNCC1CCN(C(=O)CC2CCCC2)CC1. The van der Waals surface area contributed by atoms with E-state index in [4.69, 9.17) is 0 Å². The molecule has 0 aromatic rings. The number of likely N-dealkylation sites (tertiary alicyclic amines) is 1. The molecule has 0 unspecified atom stereocenters. The third-order valence-electron chi connectivity index (χ3n) is 4.40. The molecule has 0 aromatic heterocycles. The van der Waals surface area contributed by atoms with E-state index >= 15 is 0 Å². The Morgan fingerprint density at radius 3 is 2.35 bits per heavy atom. The molecule has 2 fully saturated rings. The van der Waals surface area contributed by atoms with Crippen LogP contribution in [-0.2, 0) is 4.79 Å². The molecule has 1 aliphatic heterocycles. The monoisotopic (exact) mass is 238 g/mol. The van der Waals surface area contributed by atoms with Crippen LogP contribution in [0.1, 0.15) is 44.9 Å². The maximum absolute atomic E-state index is 12.1. The number of nitrogens with one attached hydrogen (secondary N) is 1. The van der Waals surface area contributed by atoms with Crippen LogP contribution in [0.4, 0.5) is 0 Å². The summed E-state index contributed by atoms with van der Waals surface area (Å²) in [5.41, 5.74) is 0. The van der Waals surface area contributed by atoms with E-state index in [1.54, 1.807) is 0 Å². The second-order valence-electron chi connectivity index (χ2n) is 5.74. The highest BCUT2D eigenvalue weighted by atomic mass is 16.2. The average molecular weight is 238 g/mol. The second kappa shape index (κ2) is 6.39. The van der Waals surface area contributed by atoms with Gasteiger partial charge < -0.3 is 10.2 Å². The molecule has 98 valence electrons. The van der Waals surface area contributed by atoms with Gasteiger partial charge in [-0.2, -0.15) is 0 Å². The maximum Gasteiger partial charge on any atom is 0.222 e. The van der Waals surface area contributed by atoms with E-state index in [9.17, 15) is 4.79 Å². The Morgan fingerprint density at radius 1 is 1.12 bits per heavy atom. The first-order chi connectivity index (χ1) is 8.29. The number of amides is 1. The van der Waals surface area contributed by atoms with Crippen LogP contribution in [0.25, 0.3) is 0 Å². The van der Waals surface area contributed by atoms with Gasteiger partial charge >= 0.3 is 0 Å². The normalized spacial score (nSPS) is 23.2. The van der Waals surface area contributed by atoms with Gasteiger partial charge in [0.15, 0.2) is 0 Å². The standard InChI is InChI=1S/C14H26N2O/c1-15-11-13-6-8-16(9-7-13)14(17)10-12-4-2-3-5-12/h12-13,15H,2-11H2,1H3. The summed E-state index contributed by atoms with van der Waals surface area (Å²) in [4.78, 5) is 14.2. The number of hydrogen-bond acceptors (Lipinski definition) is 2. The highest BCUT2D eigenvalue weighted by Crippen LogP contribution is 2.28. The summed E-state index contributed by atoms with van der Waals surface area (Å²) in [5, 5.41) is 3.24. The first-order valence-electron chi connectivity index (χ1n) is 7.22. The molecule has 2 aliphatic rings. The molecule has 3 heteroatoms. The number of carbonyl (C=O) groups is 1. The third-order valence-corrected chi connectivity index (χ3v) is 4.40. The van der Waals surface area contributed by atoms with E-state index < -0.39 is 0 Å². The van der Waals surface area contributed by atoms with Gasteiger partial charge in [0.1, 0.15) is 0 Å². The predicted molar refractivity (Wildman–Crippen MR) is 69.8 cm³/mol. The van der Waals surface area contributed by atoms with Gasteiger partial charge in [0.25, 0.3) is 0 Å². The van der Waals surface area contributed by atoms with Crippen molar-refractivity contribution in [3.8, 4) is 0 Å². The van der Waals surface area contributed by atoms with Crippen molar-refractivity contribution in [2.75, 3.05) is 26.7 Å². The third kappa shape index (κ3) is 3.70. The van der Waals surface area contributed by atoms with Crippen molar-refractivity contribution in [2.24, 2.45) is 11.8 Å². The van der Waals surface area contributed by atoms with Crippen molar-refractivity contribution in [1.29, 1.82) is 0 Å². The largest absolute Gasteiger partial charge is 0.343 e. The lowest BCUT2D eigenvalue weighted by Gasteiger charge is -2.32. The fourth-order valence-corrected chi connectivity index (χ4v) is 3.27. The van der Waals surface area contributed by atoms with Crippen molar-refractivity contribution in [3.63, 3.8) is 0 Å². The summed E-state index contributed by atoms with van der Waals surface area (Å²) in [7, 11) is 2.01. The summed E-state index contributed by atoms with van der Waals surface area (Å²) >= 11 is 0. The zero-order chi connectivity index (χ0) is 12.1. The maximum atomic E-state index is 12.1. The van der Waals surface area contributed by atoms with Crippen LogP contribution in [0.5, 0.6) is 0 Å². The van der Waals surface area contributed by atoms with Gasteiger partial charge in [0, 0.05) is 19.5 Å².